The summed E-state index contributed by atoms with van der Waals surface area (Å²) in [7, 11) is 1.54. The molecule has 1 N–H and O–H groups in total. The van der Waals surface area contributed by atoms with Crippen molar-refractivity contribution in [2.45, 2.75) is 13.0 Å². The molecule has 3 aromatic carbocycles. The average molecular weight is 434 g/mol. The van der Waals surface area contributed by atoms with Gasteiger partial charge in [0, 0.05) is 16.3 Å². The standard InChI is InChI=1S/C25H20ClNO4/c1-15-11-12-18(14-20(15)26)27-22(17-9-6-10-19(13-17)31-2)21(24(29)25(27)30)23(28)16-7-4-3-5-8-16/h3-14,22,28H,1-2H3. The molecule has 4 rings (SSSR count). The molecule has 0 radical (unpaired) electrons. The van der Waals surface area contributed by atoms with Crippen LogP contribution in [0.25, 0.3) is 5.76 Å². The molecule has 1 heterocycles. The number of nitrogens with zero attached hydrogens (tertiary/aromatic N) is 1. The second-order valence-corrected chi connectivity index (χ2v) is 7.65. The number of anilines is 1. The van der Waals surface area contributed by atoms with E-state index in [1.54, 1.807) is 73.8 Å². The SMILES string of the molecule is COc1cccc(C2C(=C(O)c3ccccc3)C(=O)C(=O)N2c2ccc(C)c(Cl)c2)c1. The number of ether oxygens (including phenoxy) is 1. The Morgan fingerprint density at radius 1 is 1.00 bits per heavy atom. The van der Waals surface area contributed by atoms with Crippen LogP contribution in [0.5, 0.6) is 5.75 Å². The molecule has 0 saturated carbocycles. The van der Waals surface area contributed by atoms with E-state index >= 15 is 0 Å². The second-order valence-electron chi connectivity index (χ2n) is 7.25. The zero-order chi connectivity index (χ0) is 22.1. The number of ketones is 1. The number of benzene rings is 3. The zero-order valence-corrected chi connectivity index (χ0v) is 17.8. The van der Waals surface area contributed by atoms with E-state index in [4.69, 9.17) is 16.3 Å². The van der Waals surface area contributed by atoms with E-state index in [1.165, 1.54) is 4.90 Å². The molecule has 0 spiro atoms. The number of Topliss-reactive ketones (excluding diaryl/α,β-unsaturated/α-hetero) is 1. The molecule has 156 valence electrons. The summed E-state index contributed by atoms with van der Waals surface area (Å²) < 4.78 is 5.34. The van der Waals surface area contributed by atoms with Crippen molar-refractivity contribution in [2.75, 3.05) is 12.0 Å². The highest BCUT2D eigenvalue weighted by Gasteiger charge is 2.47. The quantitative estimate of drug-likeness (QED) is 0.345. The van der Waals surface area contributed by atoms with Crippen molar-refractivity contribution in [1.29, 1.82) is 0 Å². The predicted molar refractivity (Wildman–Crippen MR) is 120 cm³/mol. The molecule has 1 aliphatic rings. The maximum atomic E-state index is 13.1. The van der Waals surface area contributed by atoms with Gasteiger partial charge in [-0.05, 0) is 42.3 Å². The highest BCUT2D eigenvalue weighted by Crippen LogP contribution is 2.43. The number of halogens is 1. The molecule has 1 aliphatic heterocycles. The van der Waals surface area contributed by atoms with E-state index in [1.807, 2.05) is 13.0 Å². The van der Waals surface area contributed by atoms with Crippen molar-refractivity contribution in [1.82, 2.24) is 0 Å². The van der Waals surface area contributed by atoms with Crippen LogP contribution in [-0.2, 0) is 9.59 Å². The first-order valence-electron chi connectivity index (χ1n) is 9.69. The Labute approximate surface area is 185 Å². The summed E-state index contributed by atoms with van der Waals surface area (Å²) in [6, 6.07) is 20.1. The van der Waals surface area contributed by atoms with Crippen LogP contribution in [0.4, 0.5) is 5.69 Å². The Morgan fingerprint density at radius 2 is 1.74 bits per heavy atom. The molecule has 3 aromatic rings. The molecule has 1 atom stereocenters. The lowest BCUT2D eigenvalue weighted by atomic mass is 9.95. The minimum absolute atomic E-state index is 0.0150. The van der Waals surface area contributed by atoms with Gasteiger partial charge >= 0.3 is 0 Å². The van der Waals surface area contributed by atoms with Gasteiger partial charge in [0.05, 0.1) is 18.7 Å². The van der Waals surface area contributed by atoms with Crippen molar-refractivity contribution in [3.05, 3.63) is 100 Å². The van der Waals surface area contributed by atoms with Gasteiger partial charge in [0.25, 0.3) is 11.7 Å². The van der Waals surface area contributed by atoms with Gasteiger partial charge in [-0.2, -0.15) is 0 Å². The van der Waals surface area contributed by atoms with Crippen LogP contribution in [0.15, 0.2) is 78.4 Å². The van der Waals surface area contributed by atoms with Crippen molar-refractivity contribution < 1.29 is 19.4 Å². The molecule has 0 bridgehead atoms. The van der Waals surface area contributed by atoms with Crippen LogP contribution in [0, 0.1) is 6.92 Å². The Kier molecular flexibility index (Phi) is 5.53. The van der Waals surface area contributed by atoms with E-state index in [0.717, 1.165) is 5.56 Å². The fraction of sp³-hybridized carbons (Fsp3) is 0.120. The van der Waals surface area contributed by atoms with E-state index in [9.17, 15) is 14.7 Å². The monoisotopic (exact) mass is 433 g/mol. The average Bonchev–Trinajstić information content (AvgIpc) is 3.06. The lowest BCUT2D eigenvalue weighted by Crippen LogP contribution is -2.29. The van der Waals surface area contributed by atoms with Crippen molar-refractivity contribution in [2.24, 2.45) is 0 Å². The summed E-state index contributed by atoms with van der Waals surface area (Å²) >= 11 is 6.31. The van der Waals surface area contributed by atoms with Gasteiger partial charge in [-0.1, -0.05) is 60.1 Å². The molecular formula is C25H20ClNO4. The number of hydrogen-bond donors (Lipinski definition) is 1. The van der Waals surface area contributed by atoms with Gasteiger partial charge in [0.15, 0.2) is 0 Å². The van der Waals surface area contributed by atoms with Crippen LogP contribution in [0.3, 0.4) is 0 Å². The first-order chi connectivity index (χ1) is 14.9. The second kappa shape index (κ2) is 8.28. The number of carbonyl (C=O) groups is 2. The molecule has 31 heavy (non-hydrogen) atoms. The largest absolute Gasteiger partial charge is 0.507 e. The molecule has 1 saturated heterocycles. The summed E-state index contributed by atoms with van der Waals surface area (Å²) in [6.07, 6.45) is 0. The first-order valence-corrected chi connectivity index (χ1v) is 10.1. The summed E-state index contributed by atoms with van der Waals surface area (Å²) in [4.78, 5) is 27.6. The van der Waals surface area contributed by atoms with Crippen LogP contribution in [0.1, 0.15) is 22.7 Å². The Morgan fingerprint density at radius 3 is 2.42 bits per heavy atom. The van der Waals surface area contributed by atoms with Gasteiger partial charge in [0.1, 0.15) is 11.5 Å². The third-order valence-corrected chi connectivity index (χ3v) is 5.74. The number of hydrogen-bond acceptors (Lipinski definition) is 4. The topological polar surface area (TPSA) is 66.8 Å². The number of methoxy groups -OCH3 is 1. The third kappa shape index (κ3) is 3.68. The normalized spacial score (nSPS) is 17.8. The summed E-state index contributed by atoms with van der Waals surface area (Å²) in [5.74, 6) is -1.15. The minimum atomic E-state index is -0.839. The number of amides is 1. The Hall–Kier alpha value is -3.57. The minimum Gasteiger partial charge on any atom is -0.507 e. The maximum absolute atomic E-state index is 13.1. The molecule has 1 amide bonds. The van der Waals surface area contributed by atoms with E-state index in [-0.39, 0.29) is 11.3 Å². The van der Waals surface area contributed by atoms with Crippen molar-refractivity contribution >= 4 is 34.7 Å². The van der Waals surface area contributed by atoms with Gasteiger partial charge in [0.2, 0.25) is 0 Å². The van der Waals surface area contributed by atoms with E-state index < -0.39 is 17.7 Å². The fourth-order valence-corrected chi connectivity index (χ4v) is 3.88. The molecule has 6 heteroatoms. The number of aryl methyl sites for hydroxylation is 1. The summed E-state index contributed by atoms with van der Waals surface area (Å²) in [6.45, 7) is 1.86. The molecule has 0 aromatic heterocycles. The van der Waals surface area contributed by atoms with Crippen molar-refractivity contribution in [3.63, 3.8) is 0 Å². The van der Waals surface area contributed by atoms with Gasteiger partial charge in [-0.25, -0.2) is 0 Å². The number of rotatable bonds is 4. The van der Waals surface area contributed by atoms with Crippen LogP contribution in [-0.4, -0.2) is 23.9 Å². The lowest BCUT2D eigenvalue weighted by molar-refractivity contribution is -0.132. The fourth-order valence-electron chi connectivity index (χ4n) is 3.71. The molecule has 0 aliphatic carbocycles. The number of aliphatic hydroxyl groups is 1. The highest BCUT2D eigenvalue weighted by atomic mass is 35.5. The van der Waals surface area contributed by atoms with Gasteiger partial charge in [-0.3, -0.25) is 14.5 Å². The third-order valence-electron chi connectivity index (χ3n) is 5.33. The maximum Gasteiger partial charge on any atom is 0.300 e. The zero-order valence-electron chi connectivity index (χ0n) is 17.0. The summed E-state index contributed by atoms with van der Waals surface area (Å²) in [5, 5.41) is 11.5. The Balaban J connectivity index is 1.97. The van der Waals surface area contributed by atoms with Crippen molar-refractivity contribution in [3.8, 4) is 5.75 Å². The van der Waals surface area contributed by atoms with E-state index in [2.05, 4.69) is 0 Å². The predicted octanol–water partition coefficient (Wildman–Crippen LogP) is 5.28. The number of carbonyl (C=O) groups excluding carboxylic acids is 2. The molecule has 1 unspecified atom stereocenters. The summed E-state index contributed by atoms with van der Waals surface area (Å²) in [5.41, 5.74) is 2.42. The number of aliphatic hydroxyl groups excluding tert-OH is 1. The van der Waals surface area contributed by atoms with Gasteiger partial charge < -0.3 is 9.84 Å². The van der Waals surface area contributed by atoms with Crippen LogP contribution in [0.2, 0.25) is 5.02 Å². The Bertz CT molecular complexity index is 1200. The first kappa shape index (κ1) is 20.7. The highest BCUT2D eigenvalue weighted by molar-refractivity contribution is 6.51. The molecule has 5 nitrogen and oxygen atoms in total. The van der Waals surface area contributed by atoms with Crippen LogP contribution < -0.4 is 9.64 Å². The van der Waals surface area contributed by atoms with Gasteiger partial charge in [-0.15, -0.1) is 0 Å². The van der Waals surface area contributed by atoms with Crippen LogP contribution >= 0.6 is 11.6 Å². The lowest BCUT2D eigenvalue weighted by Gasteiger charge is -2.26. The van der Waals surface area contributed by atoms with E-state index in [0.29, 0.717) is 27.6 Å². The molecule has 1 fully saturated rings. The molecular weight excluding hydrogens is 414 g/mol. The smallest absolute Gasteiger partial charge is 0.300 e.